The van der Waals surface area contributed by atoms with E-state index in [0.717, 1.165) is 11.1 Å². The van der Waals surface area contributed by atoms with Crippen LogP contribution in [-0.4, -0.2) is 22.6 Å². The molecule has 1 N–H and O–H groups in total. The number of hydrogen-bond acceptors (Lipinski definition) is 4. The van der Waals surface area contributed by atoms with Gasteiger partial charge in [-0.3, -0.25) is 14.6 Å². The number of nitrogens with one attached hydrogen (secondary N) is 1. The van der Waals surface area contributed by atoms with E-state index < -0.39 is 5.91 Å². The molecule has 4 rings (SSSR count). The third-order valence-electron chi connectivity index (χ3n) is 5.47. The quantitative estimate of drug-likeness (QED) is 0.455. The summed E-state index contributed by atoms with van der Waals surface area (Å²) >= 11 is 0. The number of benzene rings is 2. The Morgan fingerprint density at radius 1 is 1.06 bits per heavy atom. The van der Waals surface area contributed by atoms with Crippen LogP contribution in [0.3, 0.4) is 0 Å². The molecule has 33 heavy (non-hydrogen) atoms. The van der Waals surface area contributed by atoms with Crippen molar-refractivity contribution in [3.8, 4) is 0 Å². The van der Waals surface area contributed by atoms with Crippen molar-refractivity contribution in [3.05, 3.63) is 105 Å². The van der Waals surface area contributed by atoms with Crippen LogP contribution in [-0.2, 0) is 24.3 Å². The third kappa shape index (κ3) is 5.15. The number of anilines is 1. The lowest BCUT2D eigenvalue weighted by molar-refractivity contribution is 0.102. The van der Waals surface area contributed by atoms with E-state index in [4.69, 9.17) is 4.74 Å². The highest BCUT2D eigenvalue weighted by Crippen LogP contribution is 2.17. The molecule has 0 atom stereocenters. The Balaban J connectivity index is 1.57. The summed E-state index contributed by atoms with van der Waals surface area (Å²) in [4.78, 5) is 30.3. The number of methoxy groups -OCH3 is 1. The van der Waals surface area contributed by atoms with Gasteiger partial charge in [0.1, 0.15) is 5.82 Å². The van der Waals surface area contributed by atoms with Gasteiger partial charge in [-0.05, 0) is 60.9 Å². The van der Waals surface area contributed by atoms with E-state index in [9.17, 15) is 14.0 Å². The Kier molecular flexibility index (Phi) is 6.60. The fourth-order valence-electron chi connectivity index (χ4n) is 3.66. The average Bonchev–Trinajstić information content (AvgIpc) is 2.81. The molecule has 0 bridgehead atoms. The highest BCUT2D eigenvalue weighted by molar-refractivity contribution is 6.06. The second-order valence-corrected chi connectivity index (χ2v) is 7.83. The van der Waals surface area contributed by atoms with Crippen LogP contribution in [0.1, 0.15) is 27.2 Å². The van der Waals surface area contributed by atoms with E-state index in [1.807, 2.05) is 24.3 Å². The minimum atomic E-state index is -0.403. The summed E-state index contributed by atoms with van der Waals surface area (Å²) in [6.45, 7) is 2.79. The molecule has 0 aliphatic heterocycles. The first-order valence-electron chi connectivity index (χ1n) is 10.6. The number of amides is 1. The monoisotopic (exact) mass is 445 g/mol. The van der Waals surface area contributed by atoms with E-state index in [0.29, 0.717) is 47.4 Å². The Morgan fingerprint density at radius 3 is 2.45 bits per heavy atom. The largest absolute Gasteiger partial charge is 0.380 e. The molecule has 0 aliphatic carbocycles. The number of pyridine rings is 2. The van der Waals surface area contributed by atoms with Gasteiger partial charge in [0.05, 0.1) is 28.8 Å². The van der Waals surface area contributed by atoms with Gasteiger partial charge < -0.3 is 14.6 Å². The van der Waals surface area contributed by atoms with Crippen LogP contribution >= 0.6 is 0 Å². The van der Waals surface area contributed by atoms with Crippen LogP contribution in [0.5, 0.6) is 0 Å². The SMILES string of the molecule is COCc1ccc(CCn2ccc3nc(C)c(C(=O)Nc4ccc(F)cc4)cc3c2=O)cc1. The molecule has 168 valence electrons. The van der Waals surface area contributed by atoms with Gasteiger partial charge in [-0.25, -0.2) is 4.39 Å². The Bertz CT molecular complexity index is 1350. The second kappa shape index (κ2) is 9.75. The maximum Gasteiger partial charge on any atom is 0.260 e. The first kappa shape index (κ1) is 22.4. The van der Waals surface area contributed by atoms with Crippen LogP contribution in [0.2, 0.25) is 0 Å². The Labute approximate surface area is 190 Å². The average molecular weight is 445 g/mol. The number of halogens is 1. The lowest BCUT2D eigenvalue weighted by Crippen LogP contribution is -2.22. The van der Waals surface area contributed by atoms with Crippen LogP contribution in [0, 0.1) is 12.7 Å². The van der Waals surface area contributed by atoms with Gasteiger partial charge in [-0.2, -0.15) is 0 Å². The van der Waals surface area contributed by atoms with E-state index in [-0.39, 0.29) is 11.4 Å². The van der Waals surface area contributed by atoms with Gasteiger partial charge in [-0.15, -0.1) is 0 Å². The van der Waals surface area contributed by atoms with E-state index >= 15 is 0 Å². The number of nitrogens with zero attached hydrogens (tertiary/aromatic N) is 2. The van der Waals surface area contributed by atoms with Crippen molar-refractivity contribution >= 4 is 22.5 Å². The highest BCUT2D eigenvalue weighted by atomic mass is 19.1. The molecular weight excluding hydrogens is 421 g/mol. The molecule has 0 saturated carbocycles. The first-order valence-corrected chi connectivity index (χ1v) is 10.6. The summed E-state index contributed by atoms with van der Waals surface area (Å²) in [5, 5.41) is 3.10. The molecule has 0 unspecified atom stereocenters. The minimum Gasteiger partial charge on any atom is -0.380 e. The Morgan fingerprint density at radius 2 is 1.76 bits per heavy atom. The van der Waals surface area contributed by atoms with Gasteiger partial charge in [0, 0.05) is 25.5 Å². The second-order valence-electron chi connectivity index (χ2n) is 7.83. The number of hydrogen-bond donors (Lipinski definition) is 1. The van der Waals surface area contributed by atoms with Crippen LogP contribution in [0.25, 0.3) is 10.9 Å². The summed E-state index contributed by atoms with van der Waals surface area (Å²) in [5.41, 5.74) is 3.82. The molecule has 0 spiro atoms. The fourth-order valence-corrected chi connectivity index (χ4v) is 3.66. The van der Waals surface area contributed by atoms with E-state index in [2.05, 4.69) is 10.3 Å². The molecule has 4 aromatic rings. The van der Waals surface area contributed by atoms with Gasteiger partial charge in [-0.1, -0.05) is 24.3 Å². The zero-order valence-corrected chi connectivity index (χ0v) is 18.5. The molecule has 1 amide bonds. The van der Waals surface area contributed by atoms with Crippen molar-refractivity contribution in [1.82, 2.24) is 9.55 Å². The lowest BCUT2D eigenvalue weighted by Gasteiger charge is -2.11. The summed E-state index contributed by atoms with van der Waals surface area (Å²) < 4.78 is 19.9. The predicted molar refractivity (Wildman–Crippen MR) is 126 cm³/mol. The van der Waals surface area contributed by atoms with Crippen molar-refractivity contribution in [2.75, 3.05) is 12.4 Å². The predicted octanol–water partition coefficient (Wildman–Crippen LogP) is 4.49. The number of rotatable bonds is 7. The van der Waals surface area contributed by atoms with Gasteiger partial charge in [0.25, 0.3) is 11.5 Å². The molecular formula is C26H24FN3O3. The molecule has 7 heteroatoms. The lowest BCUT2D eigenvalue weighted by atomic mass is 10.1. The molecule has 0 aliphatic rings. The third-order valence-corrected chi connectivity index (χ3v) is 5.47. The van der Waals surface area contributed by atoms with Crippen LogP contribution in [0.15, 0.2) is 71.7 Å². The maximum atomic E-state index is 13.1. The number of aromatic nitrogens is 2. The van der Waals surface area contributed by atoms with Crippen LogP contribution in [0.4, 0.5) is 10.1 Å². The van der Waals surface area contributed by atoms with Crippen molar-refractivity contribution in [2.45, 2.75) is 26.5 Å². The number of aryl methyl sites for hydroxylation is 3. The highest BCUT2D eigenvalue weighted by Gasteiger charge is 2.14. The number of carbonyl (C=O) groups excluding carboxylic acids is 1. The maximum absolute atomic E-state index is 13.1. The summed E-state index contributed by atoms with van der Waals surface area (Å²) in [7, 11) is 1.66. The van der Waals surface area contributed by atoms with Crippen LogP contribution < -0.4 is 10.9 Å². The van der Waals surface area contributed by atoms with Crippen molar-refractivity contribution < 1.29 is 13.9 Å². The zero-order chi connectivity index (χ0) is 23.4. The van der Waals surface area contributed by atoms with E-state index in [1.165, 1.54) is 24.3 Å². The van der Waals surface area contributed by atoms with Crippen molar-refractivity contribution in [3.63, 3.8) is 0 Å². The van der Waals surface area contributed by atoms with Gasteiger partial charge >= 0.3 is 0 Å². The standard InChI is InChI=1S/C26H24FN3O3/c1-17-22(25(31)29-21-9-7-20(27)8-10-21)15-23-24(28-17)12-14-30(26(23)32)13-11-18-3-5-19(6-4-18)16-33-2/h3-10,12,14-15H,11,13,16H2,1-2H3,(H,29,31). The summed E-state index contributed by atoms with van der Waals surface area (Å²) in [5.74, 6) is -0.789. The smallest absolute Gasteiger partial charge is 0.260 e. The topological polar surface area (TPSA) is 73.2 Å². The van der Waals surface area contributed by atoms with Gasteiger partial charge in [0.15, 0.2) is 0 Å². The molecule has 2 aromatic carbocycles. The van der Waals surface area contributed by atoms with Crippen molar-refractivity contribution in [2.24, 2.45) is 0 Å². The minimum absolute atomic E-state index is 0.202. The number of carbonyl (C=O) groups is 1. The summed E-state index contributed by atoms with van der Waals surface area (Å²) in [6, 6.07) is 16.9. The molecule has 6 nitrogen and oxygen atoms in total. The first-order chi connectivity index (χ1) is 15.9. The molecule has 2 heterocycles. The Hall–Kier alpha value is -3.84. The molecule has 0 saturated heterocycles. The summed E-state index contributed by atoms with van der Waals surface area (Å²) in [6.07, 6.45) is 2.42. The zero-order valence-electron chi connectivity index (χ0n) is 18.5. The number of fused-ring (bicyclic) bond motifs is 1. The normalized spacial score (nSPS) is 11.0. The fraction of sp³-hybridized carbons (Fsp3) is 0.192. The van der Waals surface area contributed by atoms with E-state index in [1.54, 1.807) is 36.9 Å². The molecule has 2 aromatic heterocycles. The van der Waals surface area contributed by atoms with Crippen molar-refractivity contribution in [1.29, 1.82) is 0 Å². The van der Waals surface area contributed by atoms with Gasteiger partial charge in [0.2, 0.25) is 0 Å². The molecule has 0 radical (unpaired) electrons. The molecule has 0 fully saturated rings. The number of ether oxygens (including phenoxy) is 1.